The number of nitrogens with zero attached hydrogens (tertiary/aromatic N) is 2. The number of carbonyl (C=O) groups is 1. The molecule has 19 heavy (non-hydrogen) atoms. The largest absolute Gasteiger partial charge is 0.370 e. The molecule has 1 saturated heterocycles. The molecule has 0 saturated carbocycles. The van der Waals surface area contributed by atoms with Crippen LogP contribution in [0.15, 0.2) is 29.3 Å². The Morgan fingerprint density at radius 2 is 2.05 bits per heavy atom. The standard InChI is InChI=1S/C13H17ClN4O/c14-10-5-3-9(4-6-10)8-18-7-1-2-11(18)12(19)17-13(15)16/h3-6,11H,1-2,7-8H2,(H4,15,16,17,19). The zero-order valence-electron chi connectivity index (χ0n) is 10.6. The molecular weight excluding hydrogens is 264 g/mol. The van der Waals surface area contributed by atoms with Crippen LogP contribution in [0, 0.1) is 0 Å². The summed E-state index contributed by atoms with van der Waals surface area (Å²) in [5.74, 6) is -0.435. The van der Waals surface area contributed by atoms with Gasteiger partial charge in [0, 0.05) is 11.6 Å². The summed E-state index contributed by atoms with van der Waals surface area (Å²) >= 11 is 5.85. The van der Waals surface area contributed by atoms with E-state index >= 15 is 0 Å². The molecule has 2 rings (SSSR count). The fourth-order valence-electron chi connectivity index (χ4n) is 2.32. The van der Waals surface area contributed by atoms with Gasteiger partial charge in [-0.1, -0.05) is 23.7 Å². The number of carbonyl (C=O) groups excluding carboxylic acids is 1. The highest BCUT2D eigenvalue weighted by Gasteiger charge is 2.30. The maximum absolute atomic E-state index is 11.9. The second kappa shape index (κ2) is 6.04. The molecule has 5 nitrogen and oxygen atoms in total. The first-order chi connectivity index (χ1) is 9.06. The summed E-state index contributed by atoms with van der Waals surface area (Å²) in [6, 6.07) is 7.39. The summed E-state index contributed by atoms with van der Waals surface area (Å²) in [5, 5.41) is 0.707. The van der Waals surface area contributed by atoms with Crippen molar-refractivity contribution in [3.8, 4) is 0 Å². The molecule has 1 aromatic rings. The van der Waals surface area contributed by atoms with E-state index < -0.39 is 0 Å². The van der Waals surface area contributed by atoms with Crippen molar-refractivity contribution in [3.63, 3.8) is 0 Å². The summed E-state index contributed by atoms with van der Waals surface area (Å²) < 4.78 is 0. The zero-order chi connectivity index (χ0) is 13.8. The normalized spacial score (nSPS) is 19.3. The van der Waals surface area contributed by atoms with Crippen LogP contribution in [0.5, 0.6) is 0 Å². The second-order valence-electron chi connectivity index (χ2n) is 4.63. The molecule has 1 amide bonds. The van der Waals surface area contributed by atoms with Gasteiger partial charge in [-0.05, 0) is 37.1 Å². The van der Waals surface area contributed by atoms with Crippen molar-refractivity contribution in [1.82, 2.24) is 4.90 Å². The molecule has 1 aliphatic heterocycles. The van der Waals surface area contributed by atoms with Crippen molar-refractivity contribution in [2.75, 3.05) is 6.54 Å². The van der Waals surface area contributed by atoms with Crippen molar-refractivity contribution >= 4 is 23.5 Å². The summed E-state index contributed by atoms with van der Waals surface area (Å²) in [6.45, 7) is 1.58. The molecule has 1 aromatic carbocycles. The third-order valence-corrected chi connectivity index (χ3v) is 3.44. The maximum atomic E-state index is 11.9. The molecule has 1 heterocycles. The van der Waals surface area contributed by atoms with Gasteiger partial charge in [0.05, 0.1) is 6.04 Å². The molecule has 4 N–H and O–H groups in total. The highest BCUT2D eigenvalue weighted by Crippen LogP contribution is 2.21. The van der Waals surface area contributed by atoms with Crippen LogP contribution in [0.3, 0.4) is 0 Å². The van der Waals surface area contributed by atoms with Crippen LogP contribution in [-0.4, -0.2) is 29.4 Å². The van der Waals surface area contributed by atoms with E-state index in [1.165, 1.54) is 0 Å². The summed E-state index contributed by atoms with van der Waals surface area (Å²) in [6.07, 6.45) is 1.77. The molecule has 0 spiro atoms. The molecule has 1 fully saturated rings. The lowest BCUT2D eigenvalue weighted by molar-refractivity contribution is -0.122. The lowest BCUT2D eigenvalue weighted by Gasteiger charge is -2.21. The van der Waals surface area contributed by atoms with E-state index in [2.05, 4.69) is 9.89 Å². The number of guanidine groups is 1. The van der Waals surface area contributed by atoms with E-state index in [0.717, 1.165) is 24.9 Å². The predicted molar refractivity (Wildman–Crippen MR) is 75.7 cm³/mol. The van der Waals surface area contributed by atoms with E-state index in [1.807, 2.05) is 24.3 Å². The molecule has 6 heteroatoms. The fourth-order valence-corrected chi connectivity index (χ4v) is 2.45. The van der Waals surface area contributed by atoms with Crippen LogP contribution >= 0.6 is 11.6 Å². The number of benzene rings is 1. The monoisotopic (exact) mass is 280 g/mol. The number of hydrogen-bond donors (Lipinski definition) is 2. The number of likely N-dealkylation sites (tertiary alicyclic amines) is 1. The first-order valence-corrected chi connectivity index (χ1v) is 6.56. The van der Waals surface area contributed by atoms with E-state index in [0.29, 0.717) is 11.6 Å². The minimum atomic E-state index is -0.258. The zero-order valence-corrected chi connectivity index (χ0v) is 11.3. The topological polar surface area (TPSA) is 84.7 Å². The number of rotatable bonds is 3. The molecule has 0 radical (unpaired) electrons. The SMILES string of the molecule is NC(N)=NC(=O)C1CCCN1Cc1ccc(Cl)cc1. The Morgan fingerprint density at radius 1 is 1.37 bits per heavy atom. The average Bonchev–Trinajstić information content (AvgIpc) is 2.79. The molecule has 0 aromatic heterocycles. The number of hydrogen-bond acceptors (Lipinski definition) is 2. The minimum Gasteiger partial charge on any atom is -0.370 e. The smallest absolute Gasteiger partial charge is 0.266 e. The van der Waals surface area contributed by atoms with Gasteiger partial charge in [0.2, 0.25) is 0 Å². The van der Waals surface area contributed by atoms with Gasteiger partial charge in [0.1, 0.15) is 0 Å². The Kier molecular flexibility index (Phi) is 4.39. The van der Waals surface area contributed by atoms with Gasteiger partial charge in [0.15, 0.2) is 5.96 Å². The second-order valence-corrected chi connectivity index (χ2v) is 5.07. The molecule has 1 aliphatic rings. The molecule has 1 atom stereocenters. The highest BCUT2D eigenvalue weighted by molar-refractivity contribution is 6.30. The van der Waals surface area contributed by atoms with Crippen molar-refractivity contribution in [2.24, 2.45) is 16.5 Å². The van der Waals surface area contributed by atoms with E-state index in [9.17, 15) is 4.79 Å². The summed E-state index contributed by atoms with van der Waals surface area (Å²) in [7, 11) is 0. The average molecular weight is 281 g/mol. The Hall–Kier alpha value is -1.59. The van der Waals surface area contributed by atoms with E-state index in [1.54, 1.807) is 0 Å². The Bertz CT molecular complexity index is 482. The van der Waals surface area contributed by atoms with Crippen LogP contribution in [0.4, 0.5) is 0 Å². The number of aliphatic imine (C=N–C) groups is 1. The van der Waals surface area contributed by atoms with E-state index in [-0.39, 0.29) is 17.9 Å². The van der Waals surface area contributed by atoms with Crippen LogP contribution < -0.4 is 11.5 Å². The Labute approximate surface area is 117 Å². The first-order valence-electron chi connectivity index (χ1n) is 6.18. The fraction of sp³-hybridized carbons (Fsp3) is 0.385. The lowest BCUT2D eigenvalue weighted by Crippen LogP contribution is -2.36. The number of halogens is 1. The Balaban J connectivity index is 2.05. The van der Waals surface area contributed by atoms with Gasteiger partial charge in [-0.25, -0.2) is 0 Å². The van der Waals surface area contributed by atoms with E-state index in [4.69, 9.17) is 23.1 Å². The van der Waals surface area contributed by atoms with Gasteiger partial charge < -0.3 is 11.5 Å². The molecule has 0 bridgehead atoms. The summed E-state index contributed by atoms with van der Waals surface area (Å²) in [5.41, 5.74) is 11.6. The maximum Gasteiger partial charge on any atom is 0.266 e. The van der Waals surface area contributed by atoms with Gasteiger partial charge >= 0.3 is 0 Å². The number of amides is 1. The van der Waals surface area contributed by atoms with Crippen molar-refractivity contribution in [1.29, 1.82) is 0 Å². The number of nitrogens with two attached hydrogens (primary N) is 2. The molecular formula is C13H17ClN4O. The van der Waals surface area contributed by atoms with Gasteiger partial charge in [-0.3, -0.25) is 9.69 Å². The van der Waals surface area contributed by atoms with Crippen molar-refractivity contribution < 1.29 is 4.79 Å². The van der Waals surface area contributed by atoms with Crippen LogP contribution in [0.2, 0.25) is 5.02 Å². The Morgan fingerprint density at radius 3 is 2.68 bits per heavy atom. The summed E-state index contributed by atoms with van der Waals surface area (Å²) in [4.78, 5) is 17.6. The third-order valence-electron chi connectivity index (χ3n) is 3.19. The molecule has 1 unspecified atom stereocenters. The van der Waals surface area contributed by atoms with Crippen LogP contribution in [-0.2, 0) is 11.3 Å². The highest BCUT2D eigenvalue weighted by atomic mass is 35.5. The lowest BCUT2D eigenvalue weighted by atomic mass is 10.1. The molecule has 0 aliphatic carbocycles. The van der Waals surface area contributed by atoms with Gasteiger partial charge in [-0.2, -0.15) is 4.99 Å². The van der Waals surface area contributed by atoms with Gasteiger partial charge in [-0.15, -0.1) is 0 Å². The minimum absolute atomic E-state index is 0.177. The molecule has 102 valence electrons. The van der Waals surface area contributed by atoms with Crippen LogP contribution in [0.1, 0.15) is 18.4 Å². The quantitative estimate of drug-likeness (QED) is 0.641. The first kappa shape index (κ1) is 13.8. The third kappa shape index (κ3) is 3.68. The van der Waals surface area contributed by atoms with Gasteiger partial charge in [0.25, 0.3) is 5.91 Å². The predicted octanol–water partition coefficient (Wildman–Crippen LogP) is 1.10. The van der Waals surface area contributed by atoms with Crippen molar-refractivity contribution in [3.05, 3.63) is 34.9 Å². The van der Waals surface area contributed by atoms with Crippen LogP contribution in [0.25, 0.3) is 0 Å². The van der Waals surface area contributed by atoms with Crippen molar-refractivity contribution in [2.45, 2.75) is 25.4 Å².